The van der Waals surface area contributed by atoms with E-state index in [-0.39, 0.29) is 10.8 Å². The maximum Gasteiger partial charge on any atom is 0.224 e. The average molecular weight is 323 g/mol. The monoisotopic (exact) mass is 323 g/mol. The lowest BCUT2D eigenvalue weighted by atomic mass is 10.2. The number of fused-ring (bicyclic) bond motifs is 1. The molecule has 14 heavy (non-hydrogen) atoms. The van der Waals surface area contributed by atoms with E-state index in [1.165, 1.54) is 0 Å². The second kappa shape index (κ2) is 3.54. The molecule has 0 unspecified atom stereocenters. The molecule has 0 aliphatic heterocycles. The van der Waals surface area contributed by atoms with Crippen molar-refractivity contribution in [3.63, 3.8) is 0 Å². The lowest BCUT2D eigenvalue weighted by Gasteiger charge is -2.02. The number of halogens is 3. The lowest BCUT2D eigenvalue weighted by molar-refractivity contribution is 0.619. The Bertz CT molecular complexity index is 517. The third-order valence-electron chi connectivity index (χ3n) is 1.78. The fourth-order valence-electron chi connectivity index (χ4n) is 1.09. The van der Waals surface area contributed by atoms with Crippen LogP contribution in [0.15, 0.2) is 6.20 Å². The van der Waals surface area contributed by atoms with Crippen LogP contribution in [0.2, 0.25) is 5.28 Å². The van der Waals surface area contributed by atoms with Crippen molar-refractivity contribution in [3.8, 4) is 0 Å². The van der Waals surface area contributed by atoms with Crippen LogP contribution in [0.4, 0.5) is 4.39 Å². The van der Waals surface area contributed by atoms with Gasteiger partial charge in [0.15, 0.2) is 5.82 Å². The highest BCUT2D eigenvalue weighted by molar-refractivity contribution is 14.1. The Labute approximate surface area is 97.9 Å². The lowest BCUT2D eigenvalue weighted by Crippen LogP contribution is -1.96. The van der Waals surface area contributed by atoms with Crippen LogP contribution in [0.3, 0.4) is 0 Å². The van der Waals surface area contributed by atoms with E-state index in [9.17, 15) is 4.39 Å². The van der Waals surface area contributed by atoms with E-state index in [0.717, 1.165) is 0 Å². The molecule has 2 aromatic rings. The zero-order valence-corrected chi connectivity index (χ0v) is 9.97. The van der Waals surface area contributed by atoms with E-state index in [1.54, 1.807) is 13.1 Å². The first-order valence-corrected chi connectivity index (χ1v) is 5.19. The van der Waals surface area contributed by atoms with Gasteiger partial charge in [0.2, 0.25) is 5.28 Å². The van der Waals surface area contributed by atoms with Crippen molar-refractivity contribution < 1.29 is 4.39 Å². The van der Waals surface area contributed by atoms with Gasteiger partial charge < -0.3 is 0 Å². The summed E-state index contributed by atoms with van der Waals surface area (Å²) in [6.07, 6.45) is 1.55. The van der Waals surface area contributed by atoms with Crippen molar-refractivity contribution in [1.29, 1.82) is 0 Å². The van der Waals surface area contributed by atoms with Gasteiger partial charge in [0.1, 0.15) is 9.22 Å². The molecule has 0 N–H and O–H groups in total. The smallest absolute Gasteiger partial charge is 0.224 e. The summed E-state index contributed by atoms with van der Waals surface area (Å²) in [4.78, 5) is 11.6. The van der Waals surface area contributed by atoms with Gasteiger partial charge in [-0.25, -0.2) is 14.4 Å². The number of nitrogens with zero attached hydrogens (tertiary/aromatic N) is 3. The average Bonchev–Trinajstić information content (AvgIpc) is 2.12. The van der Waals surface area contributed by atoms with Crippen LogP contribution < -0.4 is 0 Å². The van der Waals surface area contributed by atoms with Crippen molar-refractivity contribution in [3.05, 3.63) is 26.7 Å². The van der Waals surface area contributed by atoms with Gasteiger partial charge >= 0.3 is 0 Å². The Balaban J connectivity index is 2.95. The molecule has 0 aliphatic rings. The number of pyridine rings is 1. The molecule has 0 fully saturated rings. The molecular weight excluding hydrogens is 319 g/mol. The van der Waals surface area contributed by atoms with Gasteiger partial charge in [-0.3, -0.25) is 4.98 Å². The van der Waals surface area contributed by atoms with Crippen LogP contribution >= 0.6 is 34.2 Å². The van der Waals surface area contributed by atoms with E-state index in [1.807, 2.05) is 22.6 Å². The standard InChI is InChI=1S/C8H4ClFIN3/c1-3-5(10)6-4(2-12-3)7(11)14-8(9)13-6/h2H,1H3. The largest absolute Gasteiger partial charge is 0.258 e. The molecule has 0 saturated heterocycles. The van der Waals surface area contributed by atoms with Gasteiger partial charge in [0.25, 0.3) is 0 Å². The fraction of sp³-hybridized carbons (Fsp3) is 0.125. The molecule has 0 saturated carbocycles. The van der Waals surface area contributed by atoms with Crippen LogP contribution in [-0.4, -0.2) is 15.0 Å². The zero-order valence-electron chi connectivity index (χ0n) is 7.05. The molecule has 72 valence electrons. The highest BCUT2D eigenvalue weighted by atomic mass is 127. The number of rotatable bonds is 0. The second-order valence-electron chi connectivity index (χ2n) is 2.70. The molecule has 0 radical (unpaired) electrons. The highest BCUT2D eigenvalue weighted by Gasteiger charge is 2.11. The van der Waals surface area contributed by atoms with Crippen molar-refractivity contribution in [2.45, 2.75) is 6.92 Å². The third-order valence-corrected chi connectivity index (χ3v) is 2.78. The summed E-state index contributed by atoms with van der Waals surface area (Å²) in [6, 6.07) is 0. The molecule has 0 atom stereocenters. The van der Waals surface area contributed by atoms with Crippen LogP contribution in [0.1, 0.15) is 5.69 Å². The summed E-state index contributed by atoms with van der Waals surface area (Å²) < 4.78 is 14.1. The molecule has 2 heterocycles. The first-order chi connectivity index (χ1) is 6.59. The maximum atomic E-state index is 13.5. The Kier molecular flexibility index (Phi) is 2.52. The van der Waals surface area contributed by atoms with Gasteiger partial charge in [-0.1, -0.05) is 0 Å². The number of hydrogen-bond donors (Lipinski definition) is 0. The summed E-state index contributed by atoms with van der Waals surface area (Å²) in [5.74, 6) is -0.440. The Morgan fingerprint density at radius 1 is 1.43 bits per heavy atom. The molecule has 0 amide bonds. The Hall–Kier alpha value is -0.560. The van der Waals surface area contributed by atoms with Crippen LogP contribution in [0.5, 0.6) is 0 Å². The Morgan fingerprint density at radius 2 is 2.14 bits per heavy atom. The topological polar surface area (TPSA) is 38.7 Å². The first-order valence-electron chi connectivity index (χ1n) is 3.73. The van der Waals surface area contributed by atoms with E-state index in [4.69, 9.17) is 11.6 Å². The predicted octanol–water partition coefficient (Wildman–Crippen LogP) is 2.73. The first kappa shape index (κ1) is 9.97. The van der Waals surface area contributed by atoms with E-state index in [2.05, 4.69) is 15.0 Å². The Morgan fingerprint density at radius 3 is 2.86 bits per heavy atom. The molecule has 0 spiro atoms. The van der Waals surface area contributed by atoms with Gasteiger partial charge in [0.05, 0.1) is 11.1 Å². The molecule has 2 rings (SSSR count). The van der Waals surface area contributed by atoms with E-state index in [0.29, 0.717) is 14.8 Å². The molecule has 6 heteroatoms. The van der Waals surface area contributed by atoms with Crippen molar-refractivity contribution in [2.75, 3.05) is 0 Å². The summed E-state index contributed by atoms with van der Waals surface area (Å²) >= 11 is 7.60. The van der Waals surface area contributed by atoms with Crippen molar-refractivity contribution in [2.24, 2.45) is 0 Å². The summed E-state index contributed by atoms with van der Waals surface area (Å²) in [7, 11) is 0. The summed E-state index contributed by atoms with van der Waals surface area (Å²) in [6.45, 7) is 1.58. The number of aromatic nitrogens is 3. The number of aryl methyl sites for hydroxylation is 1. The van der Waals surface area contributed by atoms with Crippen LogP contribution in [0.25, 0.3) is 10.9 Å². The highest BCUT2D eigenvalue weighted by Crippen LogP contribution is 2.22. The maximum absolute atomic E-state index is 13.5. The van der Waals surface area contributed by atoms with E-state index < -0.39 is 5.82 Å². The van der Waals surface area contributed by atoms with E-state index >= 15 is 0 Å². The second-order valence-corrected chi connectivity index (χ2v) is 4.06. The number of hydrogen-bond acceptors (Lipinski definition) is 3. The third kappa shape index (κ3) is 1.54. The van der Waals surface area contributed by atoms with Crippen LogP contribution in [-0.2, 0) is 0 Å². The van der Waals surface area contributed by atoms with Crippen molar-refractivity contribution >= 4 is 45.1 Å². The molecule has 2 aromatic heterocycles. The normalized spacial score (nSPS) is 10.9. The predicted molar refractivity (Wildman–Crippen MR) is 59.8 cm³/mol. The van der Waals surface area contributed by atoms with Gasteiger partial charge in [-0.05, 0) is 41.1 Å². The van der Waals surface area contributed by atoms with Gasteiger partial charge in [-0.15, -0.1) is 0 Å². The quantitative estimate of drug-likeness (QED) is 0.425. The van der Waals surface area contributed by atoms with Gasteiger partial charge in [0, 0.05) is 6.20 Å². The van der Waals surface area contributed by atoms with Crippen molar-refractivity contribution in [1.82, 2.24) is 15.0 Å². The summed E-state index contributed by atoms with van der Waals surface area (Å²) in [5.41, 5.74) is 0.532. The van der Waals surface area contributed by atoms with Crippen LogP contribution in [0, 0.1) is 16.4 Å². The minimum Gasteiger partial charge on any atom is -0.258 e. The zero-order chi connectivity index (χ0) is 10.3. The fourth-order valence-corrected chi connectivity index (χ4v) is 2.02. The molecule has 3 nitrogen and oxygen atoms in total. The molecule has 0 bridgehead atoms. The van der Waals surface area contributed by atoms with Gasteiger partial charge in [-0.2, -0.15) is 0 Å². The molecule has 0 aliphatic carbocycles. The minimum absolute atomic E-state index is 0.0476. The SMILES string of the molecule is Cc1ncc2c(I)nc(Cl)nc2c1F. The molecular formula is C8H4ClFIN3. The molecule has 0 aromatic carbocycles. The minimum atomic E-state index is -0.440. The summed E-state index contributed by atoms with van der Waals surface area (Å²) in [5, 5.41) is 0.629.